The van der Waals surface area contributed by atoms with Crippen LogP contribution in [0.15, 0.2) is 146 Å². The molecule has 0 spiro atoms. The quantitative estimate of drug-likeness (QED) is 0.232. The lowest BCUT2D eigenvalue weighted by molar-refractivity contribution is 0.0527. The Morgan fingerprint density at radius 3 is 0.690 bits per heavy atom. The number of hydrogen-bond acceptors (Lipinski definition) is 2. The Morgan fingerprint density at radius 2 is 0.500 bits per heavy atom. The van der Waals surface area contributed by atoms with E-state index in [4.69, 9.17) is 0 Å². The van der Waals surface area contributed by atoms with Crippen molar-refractivity contribution in [2.45, 2.75) is 25.0 Å². The van der Waals surface area contributed by atoms with Gasteiger partial charge in [0.15, 0.2) is 0 Å². The van der Waals surface area contributed by atoms with Crippen molar-refractivity contribution in [3.05, 3.63) is 168 Å². The molecule has 0 saturated heterocycles. The lowest BCUT2D eigenvalue weighted by atomic mass is 9.62. The summed E-state index contributed by atoms with van der Waals surface area (Å²) < 4.78 is 0. The molecular formula is C40H32O2. The van der Waals surface area contributed by atoms with Gasteiger partial charge in [-0.25, -0.2) is 0 Å². The van der Waals surface area contributed by atoms with Gasteiger partial charge in [0.1, 0.15) is 11.2 Å². The predicted molar refractivity (Wildman–Crippen MR) is 172 cm³/mol. The average molecular weight is 545 g/mol. The van der Waals surface area contributed by atoms with E-state index in [1.165, 1.54) is 0 Å². The van der Waals surface area contributed by atoms with Crippen molar-refractivity contribution >= 4 is 0 Å². The molecule has 42 heavy (non-hydrogen) atoms. The summed E-state index contributed by atoms with van der Waals surface area (Å²) >= 11 is 0. The third kappa shape index (κ3) is 4.03. The van der Waals surface area contributed by atoms with Crippen LogP contribution >= 0.6 is 0 Å². The van der Waals surface area contributed by atoms with Gasteiger partial charge < -0.3 is 10.2 Å². The lowest BCUT2D eigenvalue weighted by Gasteiger charge is -2.46. The van der Waals surface area contributed by atoms with Crippen molar-refractivity contribution < 1.29 is 10.2 Å². The van der Waals surface area contributed by atoms with E-state index in [0.717, 1.165) is 66.8 Å². The molecule has 0 atom stereocenters. The molecule has 0 aromatic heterocycles. The summed E-state index contributed by atoms with van der Waals surface area (Å²) in [5, 5.41) is 26.1. The molecule has 0 radical (unpaired) electrons. The van der Waals surface area contributed by atoms with E-state index >= 15 is 0 Å². The first-order valence-corrected chi connectivity index (χ1v) is 14.4. The molecule has 0 unspecified atom stereocenters. The fourth-order valence-electron chi connectivity index (χ4n) is 6.91. The Bertz CT molecular complexity index is 1610. The first-order valence-electron chi connectivity index (χ1n) is 14.4. The van der Waals surface area contributed by atoms with Crippen molar-refractivity contribution in [2.24, 2.45) is 0 Å². The lowest BCUT2D eigenvalue weighted by Crippen LogP contribution is -2.41. The van der Waals surface area contributed by atoms with Crippen molar-refractivity contribution in [1.82, 2.24) is 0 Å². The third-order valence-electron chi connectivity index (χ3n) is 8.70. The van der Waals surface area contributed by atoms with Crippen LogP contribution in [0, 0.1) is 0 Å². The summed E-state index contributed by atoms with van der Waals surface area (Å²) in [5.41, 5.74) is 7.67. The van der Waals surface area contributed by atoms with Gasteiger partial charge in [-0.1, -0.05) is 146 Å². The fourth-order valence-corrected chi connectivity index (χ4v) is 6.91. The van der Waals surface area contributed by atoms with Gasteiger partial charge in [0.2, 0.25) is 0 Å². The maximum atomic E-state index is 13.0. The van der Waals surface area contributed by atoms with Gasteiger partial charge in [-0.15, -0.1) is 0 Å². The minimum absolute atomic E-state index is 0.731. The summed E-state index contributed by atoms with van der Waals surface area (Å²) in [6.45, 7) is 3.78. The van der Waals surface area contributed by atoms with Gasteiger partial charge in [-0.3, -0.25) is 0 Å². The van der Waals surface area contributed by atoms with Gasteiger partial charge >= 0.3 is 0 Å². The van der Waals surface area contributed by atoms with E-state index in [2.05, 4.69) is 72.8 Å². The van der Waals surface area contributed by atoms with Gasteiger partial charge in [0.05, 0.1) is 0 Å². The van der Waals surface area contributed by atoms with Gasteiger partial charge in [-0.05, 0) is 58.4 Å². The van der Waals surface area contributed by atoms with Gasteiger partial charge in [0.25, 0.3) is 0 Å². The molecule has 7 rings (SSSR count). The molecule has 0 bridgehead atoms. The van der Waals surface area contributed by atoms with Crippen LogP contribution in [-0.4, -0.2) is 10.2 Å². The summed E-state index contributed by atoms with van der Waals surface area (Å²) in [6.07, 6.45) is 0. The normalized spacial score (nSPS) is 19.1. The fraction of sp³-hybridized carbons (Fsp3) is 0.100. The van der Waals surface area contributed by atoms with Crippen LogP contribution in [0.1, 0.15) is 36.1 Å². The van der Waals surface area contributed by atoms with Gasteiger partial charge in [0, 0.05) is 22.3 Å². The minimum Gasteiger partial charge on any atom is -0.381 e. The topological polar surface area (TPSA) is 40.5 Å². The zero-order chi connectivity index (χ0) is 28.9. The molecule has 0 fully saturated rings. The Balaban J connectivity index is 1.66. The molecular weight excluding hydrogens is 512 g/mol. The van der Waals surface area contributed by atoms with Crippen molar-refractivity contribution in [2.75, 3.05) is 0 Å². The molecule has 1 aliphatic rings. The largest absolute Gasteiger partial charge is 0.381 e. The average Bonchev–Trinajstić information content (AvgIpc) is 3.04. The second kappa shape index (κ2) is 9.95. The summed E-state index contributed by atoms with van der Waals surface area (Å²) in [7, 11) is 0. The SMILES string of the molecule is CC1(O)c2c(-c3ccccc3)ccc(-c3ccccc3)c2C(C)(O)c2c(-c3ccccc3)ccc(-c3ccccc3)c21. The molecule has 0 aliphatic heterocycles. The minimum atomic E-state index is -1.43. The molecule has 2 nitrogen and oxygen atoms in total. The number of aliphatic hydroxyl groups is 2. The molecule has 6 aromatic carbocycles. The van der Waals surface area contributed by atoms with Crippen LogP contribution in [0.3, 0.4) is 0 Å². The number of benzene rings is 6. The molecule has 0 amide bonds. The van der Waals surface area contributed by atoms with Crippen LogP contribution in [0.5, 0.6) is 0 Å². The highest BCUT2D eigenvalue weighted by Crippen LogP contribution is 2.57. The smallest absolute Gasteiger partial charge is 0.114 e. The Kier molecular flexibility index (Phi) is 6.20. The molecule has 1 aliphatic carbocycles. The number of rotatable bonds is 4. The highest BCUT2D eigenvalue weighted by atomic mass is 16.3. The van der Waals surface area contributed by atoms with E-state index in [0.29, 0.717) is 0 Å². The molecule has 2 N–H and O–H groups in total. The Hall–Kier alpha value is -4.76. The van der Waals surface area contributed by atoms with Crippen molar-refractivity contribution in [3.8, 4) is 44.5 Å². The number of fused-ring (bicyclic) bond motifs is 2. The van der Waals surface area contributed by atoms with Crippen molar-refractivity contribution in [1.29, 1.82) is 0 Å². The van der Waals surface area contributed by atoms with Crippen LogP contribution in [0.2, 0.25) is 0 Å². The van der Waals surface area contributed by atoms with E-state index in [1.807, 2.05) is 86.6 Å². The highest BCUT2D eigenvalue weighted by Gasteiger charge is 2.50. The second-order valence-electron chi connectivity index (χ2n) is 11.4. The first-order chi connectivity index (χ1) is 20.4. The standard InChI is InChI=1S/C40H32O2/c1-39(41)35-31(27-15-7-3-8-16-27)23-25-33(29-19-11-5-12-20-29)37(35)40(2,42)38-34(30-21-13-6-14-22-30)26-24-32(36(38)39)28-17-9-4-10-18-28/h3-26,41-42H,1-2H3. The maximum absolute atomic E-state index is 13.0. The Morgan fingerprint density at radius 1 is 0.310 bits per heavy atom. The molecule has 0 saturated carbocycles. The predicted octanol–water partition coefficient (Wildman–Crippen LogP) is 9.18. The van der Waals surface area contributed by atoms with Crippen LogP contribution in [0.25, 0.3) is 44.5 Å². The zero-order valence-corrected chi connectivity index (χ0v) is 23.8. The van der Waals surface area contributed by atoms with Gasteiger partial charge in [-0.2, -0.15) is 0 Å². The molecule has 6 aromatic rings. The summed E-state index contributed by atoms with van der Waals surface area (Å²) in [6, 6.07) is 49.0. The highest BCUT2D eigenvalue weighted by molar-refractivity contribution is 5.88. The molecule has 0 heterocycles. The number of hydrogen-bond donors (Lipinski definition) is 2. The van der Waals surface area contributed by atoms with Crippen LogP contribution < -0.4 is 0 Å². The van der Waals surface area contributed by atoms with Crippen LogP contribution in [-0.2, 0) is 11.2 Å². The van der Waals surface area contributed by atoms with E-state index < -0.39 is 11.2 Å². The summed E-state index contributed by atoms with van der Waals surface area (Å²) in [4.78, 5) is 0. The zero-order valence-electron chi connectivity index (χ0n) is 23.8. The van der Waals surface area contributed by atoms with Crippen molar-refractivity contribution in [3.63, 3.8) is 0 Å². The summed E-state index contributed by atoms with van der Waals surface area (Å²) in [5.74, 6) is 0. The Labute approximate surface area is 247 Å². The maximum Gasteiger partial charge on any atom is 0.114 e. The molecule has 204 valence electrons. The van der Waals surface area contributed by atoms with E-state index in [1.54, 1.807) is 0 Å². The second-order valence-corrected chi connectivity index (χ2v) is 11.4. The van der Waals surface area contributed by atoms with E-state index in [-0.39, 0.29) is 0 Å². The first kappa shape index (κ1) is 26.2. The van der Waals surface area contributed by atoms with E-state index in [9.17, 15) is 10.2 Å². The monoisotopic (exact) mass is 544 g/mol. The van der Waals surface area contributed by atoms with Crippen LogP contribution in [0.4, 0.5) is 0 Å². The molecule has 2 heteroatoms. The third-order valence-corrected chi connectivity index (χ3v) is 8.70.